The molecule has 0 aromatic heterocycles. The maximum atomic E-state index is 11.9. The minimum atomic E-state index is -3.14. The Balaban J connectivity index is 4.39. The van der Waals surface area contributed by atoms with Crippen molar-refractivity contribution in [3.8, 4) is 12.3 Å². The molecule has 0 radical (unpaired) electrons. The average molecular weight is 205 g/mol. The average Bonchev–Trinajstić information content (AvgIpc) is 2.05. The van der Waals surface area contributed by atoms with Crippen LogP contribution in [0.3, 0.4) is 0 Å². The van der Waals surface area contributed by atoms with Crippen molar-refractivity contribution in [1.29, 1.82) is 0 Å². The molecule has 0 spiro atoms. The van der Waals surface area contributed by atoms with Gasteiger partial charge in [-0.1, -0.05) is 5.92 Å². The third kappa shape index (κ3) is 3.93. The molecule has 5 heteroatoms. The van der Waals surface area contributed by atoms with Gasteiger partial charge in [0.25, 0.3) is 0 Å². The monoisotopic (exact) mass is 205 g/mol. The lowest BCUT2D eigenvalue weighted by molar-refractivity contribution is 0.181. The predicted octanol–water partition coefficient (Wildman–Crippen LogP) is 1.73. The summed E-state index contributed by atoms with van der Waals surface area (Å²) in [6.45, 7) is 4.44. The molecule has 0 rings (SSSR count). The Morgan fingerprint density at radius 3 is 2.15 bits per heavy atom. The van der Waals surface area contributed by atoms with E-state index in [1.807, 2.05) is 0 Å². The molecule has 0 aromatic carbocycles. The molecule has 0 fully saturated rings. The van der Waals surface area contributed by atoms with Crippen LogP contribution in [-0.4, -0.2) is 31.5 Å². The zero-order valence-electron chi connectivity index (χ0n) is 8.32. The second-order valence-electron chi connectivity index (χ2n) is 2.32. The second kappa shape index (κ2) is 6.17. The highest BCUT2D eigenvalue weighted by Gasteiger charge is 2.28. The van der Waals surface area contributed by atoms with Gasteiger partial charge < -0.3 is 0 Å². The first kappa shape index (κ1) is 12.7. The molecule has 0 saturated carbocycles. The van der Waals surface area contributed by atoms with Gasteiger partial charge in [-0.25, -0.2) is 9.24 Å². The molecule has 0 aliphatic heterocycles. The third-order valence-corrected chi connectivity index (χ3v) is 3.47. The Hall–Kier alpha value is -0.330. The van der Waals surface area contributed by atoms with Crippen molar-refractivity contribution >= 4 is 7.75 Å². The smallest absolute Gasteiger partial charge is 0.297 e. The molecule has 0 amide bonds. The van der Waals surface area contributed by atoms with Gasteiger partial charge >= 0.3 is 7.75 Å². The van der Waals surface area contributed by atoms with Gasteiger partial charge in [0, 0.05) is 0 Å². The highest BCUT2D eigenvalue weighted by Crippen LogP contribution is 2.50. The van der Waals surface area contributed by atoms with E-state index in [0.29, 0.717) is 13.2 Å². The van der Waals surface area contributed by atoms with Gasteiger partial charge in [0.15, 0.2) is 0 Å². The summed E-state index contributed by atoms with van der Waals surface area (Å²) in [4.78, 5) is 0. The van der Waals surface area contributed by atoms with Crippen molar-refractivity contribution in [1.82, 2.24) is 4.67 Å². The van der Waals surface area contributed by atoms with Crippen LogP contribution in [0.1, 0.15) is 13.8 Å². The van der Waals surface area contributed by atoms with E-state index in [0.717, 1.165) is 0 Å². The minimum absolute atomic E-state index is 0.247. The molecule has 0 N–H and O–H groups in total. The molecule has 0 aliphatic rings. The number of nitrogens with zero attached hydrogens (tertiary/aromatic N) is 1. The molecule has 0 aliphatic carbocycles. The Morgan fingerprint density at radius 1 is 1.38 bits per heavy atom. The lowest BCUT2D eigenvalue weighted by atomic mass is 10.7. The van der Waals surface area contributed by atoms with Crippen LogP contribution in [-0.2, 0) is 13.6 Å². The van der Waals surface area contributed by atoms with Crippen LogP contribution in [0.2, 0.25) is 0 Å². The summed E-state index contributed by atoms with van der Waals surface area (Å²) < 4.78 is 23.4. The van der Waals surface area contributed by atoms with Gasteiger partial charge in [0.05, 0.1) is 19.8 Å². The molecule has 0 aromatic rings. The molecular formula is C8H16NO3P. The second-order valence-corrected chi connectivity index (χ2v) is 4.46. The van der Waals surface area contributed by atoms with Crippen molar-refractivity contribution in [2.24, 2.45) is 0 Å². The van der Waals surface area contributed by atoms with Gasteiger partial charge in [-0.2, -0.15) is 0 Å². The van der Waals surface area contributed by atoms with Crippen LogP contribution in [0.5, 0.6) is 0 Å². The standard InChI is InChI=1S/C8H16NO3P/c1-5-8-9(4)13(10,11-6-2)12-7-3/h1H,6-8H2,2-4H3. The van der Waals surface area contributed by atoms with Gasteiger partial charge in [0.1, 0.15) is 0 Å². The van der Waals surface area contributed by atoms with Gasteiger partial charge in [-0.15, -0.1) is 6.42 Å². The van der Waals surface area contributed by atoms with Crippen molar-refractivity contribution in [2.75, 3.05) is 26.8 Å². The number of terminal acetylenes is 1. The summed E-state index contributed by atoms with van der Waals surface area (Å²) in [5.74, 6) is 2.38. The molecule has 0 saturated heterocycles. The number of hydrogen-bond donors (Lipinski definition) is 0. The summed E-state index contributed by atoms with van der Waals surface area (Å²) in [6.07, 6.45) is 5.09. The van der Waals surface area contributed by atoms with Crippen molar-refractivity contribution in [3.63, 3.8) is 0 Å². The maximum absolute atomic E-state index is 11.9. The molecular weight excluding hydrogens is 189 g/mol. The largest absolute Gasteiger partial charge is 0.408 e. The maximum Gasteiger partial charge on any atom is 0.408 e. The summed E-state index contributed by atoms with van der Waals surface area (Å²) in [7, 11) is -1.52. The Labute approximate surface area is 79.8 Å². The third-order valence-electron chi connectivity index (χ3n) is 1.32. The molecule has 76 valence electrons. The summed E-state index contributed by atoms with van der Waals surface area (Å²) in [5, 5.41) is 0. The van der Waals surface area contributed by atoms with Gasteiger partial charge in [-0.3, -0.25) is 9.05 Å². The highest BCUT2D eigenvalue weighted by atomic mass is 31.2. The van der Waals surface area contributed by atoms with Crippen LogP contribution in [0.4, 0.5) is 0 Å². The van der Waals surface area contributed by atoms with Crippen LogP contribution in [0.15, 0.2) is 0 Å². The van der Waals surface area contributed by atoms with Crippen molar-refractivity contribution in [3.05, 3.63) is 0 Å². The lowest BCUT2D eigenvalue weighted by Crippen LogP contribution is -2.18. The van der Waals surface area contributed by atoms with Crippen molar-refractivity contribution < 1.29 is 13.6 Å². The number of hydrogen-bond acceptors (Lipinski definition) is 3. The summed E-state index contributed by atoms with van der Waals surface area (Å²) in [6, 6.07) is 0. The lowest BCUT2D eigenvalue weighted by Gasteiger charge is -2.24. The van der Waals surface area contributed by atoms with E-state index in [-0.39, 0.29) is 6.54 Å². The van der Waals surface area contributed by atoms with Crippen LogP contribution in [0.25, 0.3) is 0 Å². The SMILES string of the molecule is C#CCN(C)P(=O)(OCC)OCC. The molecule has 4 nitrogen and oxygen atoms in total. The first-order valence-electron chi connectivity index (χ1n) is 4.14. The molecule has 13 heavy (non-hydrogen) atoms. The fourth-order valence-corrected chi connectivity index (χ4v) is 2.16. The van der Waals surface area contributed by atoms with E-state index in [9.17, 15) is 4.57 Å². The summed E-state index contributed by atoms with van der Waals surface area (Å²) in [5.41, 5.74) is 0. The van der Waals surface area contributed by atoms with E-state index < -0.39 is 7.75 Å². The number of rotatable bonds is 6. The highest BCUT2D eigenvalue weighted by molar-refractivity contribution is 7.51. The molecule has 0 heterocycles. The van der Waals surface area contributed by atoms with E-state index in [2.05, 4.69) is 5.92 Å². The van der Waals surface area contributed by atoms with E-state index in [1.165, 1.54) is 4.67 Å². The van der Waals surface area contributed by atoms with Crippen LogP contribution in [0, 0.1) is 12.3 Å². The van der Waals surface area contributed by atoms with Gasteiger partial charge in [-0.05, 0) is 20.9 Å². The van der Waals surface area contributed by atoms with Gasteiger partial charge in [0.2, 0.25) is 0 Å². The first-order valence-corrected chi connectivity index (χ1v) is 5.64. The Morgan fingerprint density at radius 2 is 1.85 bits per heavy atom. The zero-order chi connectivity index (χ0) is 10.3. The molecule has 0 bridgehead atoms. The normalized spacial score (nSPS) is 11.6. The fraction of sp³-hybridized carbons (Fsp3) is 0.750. The topological polar surface area (TPSA) is 38.8 Å². The molecule has 0 atom stereocenters. The van der Waals surface area contributed by atoms with E-state index >= 15 is 0 Å². The van der Waals surface area contributed by atoms with E-state index in [1.54, 1.807) is 20.9 Å². The van der Waals surface area contributed by atoms with Crippen molar-refractivity contribution in [2.45, 2.75) is 13.8 Å². The quantitative estimate of drug-likeness (QED) is 0.489. The minimum Gasteiger partial charge on any atom is -0.297 e. The first-order chi connectivity index (χ1) is 6.10. The summed E-state index contributed by atoms with van der Waals surface area (Å²) >= 11 is 0. The molecule has 0 unspecified atom stereocenters. The van der Waals surface area contributed by atoms with Crippen LogP contribution < -0.4 is 0 Å². The Kier molecular flexibility index (Phi) is 6.02. The van der Waals surface area contributed by atoms with E-state index in [4.69, 9.17) is 15.5 Å². The zero-order valence-corrected chi connectivity index (χ0v) is 9.21. The van der Waals surface area contributed by atoms with Crippen LogP contribution >= 0.6 is 7.75 Å². The fourth-order valence-electron chi connectivity index (χ4n) is 0.779. The Bertz CT molecular complexity index is 214. The predicted molar refractivity (Wildman–Crippen MR) is 52.3 cm³/mol.